The van der Waals surface area contributed by atoms with Crippen molar-refractivity contribution in [2.24, 2.45) is 0 Å². The van der Waals surface area contributed by atoms with Crippen LogP contribution in [0.25, 0.3) is 22.2 Å². The Bertz CT molecular complexity index is 1070. The van der Waals surface area contributed by atoms with E-state index in [2.05, 4.69) is 10.3 Å². The molecule has 0 aliphatic heterocycles. The number of nitrogens with zero attached hydrogens (tertiary/aromatic N) is 1. The molecule has 0 radical (unpaired) electrons. The molecule has 0 aliphatic rings. The fraction of sp³-hybridized carbons (Fsp3) is 0. The Morgan fingerprint density at radius 3 is 2.60 bits per heavy atom. The molecule has 2 heterocycles. The first-order valence-electron chi connectivity index (χ1n) is 7.30. The number of nitrogens with one attached hydrogen (secondary N) is 1. The molecule has 1 N–H and O–H groups in total. The molecule has 4 aromatic rings. The summed E-state index contributed by atoms with van der Waals surface area (Å²) in [7, 11) is 0. The first-order valence-corrected chi connectivity index (χ1v) is 8.94. The quantitative estimate of drug-likeness (QED) is 0.460. The van der Waals surface area contributed by atoms with E-state index in [0.717, 1.165) is 16.6 Å². The Hall–Kier alpha value is -2.34. The summed E-state index contributed by atoms with van der Waals surface area (Å²) >= 11 is 13.2. The summed E-state index contributed by atoms with van der Waals surface area (Å²) < 4.78 is 5.55. The number of thiazole rings is 1. The number of hydrogen-bond acceptors (Lipinski definition) is 4. The molecule has 0 spiro atoms. The minimum atomic E-state index is -0.357. The zero-order valence-corrected chi connectivity index (χ0v) is 15.0. The van der Waals surface area contributed by atoms with Gasteiger partial charge in [-0.1, -0.05) is 35.3 Å². The van der Waals surface area contributed by atoms with E-state index < -0.39 is 0 Å². The molecule has 2 aromatic heterocycles. The van der Waals surface area contributed by atoms with Crippen molar-refractivity contribution in [1.82, 2.24) is 4.98 Å². The molecule has 0 saturated heterocycles. The average molecular weight is 389 g/mol. The number of anilines is 1. The molecule has 0 atom stereocenters. The summed E-state index contributed by atoms with van der Waals surface area (Å²) in [5.74, 6) is -0.148. The minimum absolute atomic E-state index is 0.209. The van der Waals surface area contributed by atoms with Gasteiger partial charge >= 0.3 is 0 Å². The molecule has 0 bridgehead atoms. The summed E-state index contributed by atoms with van der Waals surface area (Å²) in [6, 6.07) is 14.2. The second-order valence-electron chi connectivity index (χ2n) is 5.29. The number of carbonyl (C=O) groups excluding carboxylic acids is 1. The van der Waals surface area contributed by atoms with Crippen LogP contribution in [-0.2, 0) is 0 Å². The van der Waals surface area contributed by atoms with Gasteiger partial charge in [-0.3, -0.25) is 10.1 Å². The maximum Gasteiger partial charge on any atom is 0.293 e. The summed E-state index contributed by atoms with van der Waals surface area (Å²) in [6.45, 7) is 0. The average Bonchev–Trinajstić information content (AvgIpc) is 3.22. The predicted octanol–water partition coefficient (Wildman–Crippen LogP) is 6.12. The number of furan rings is 1. The number of amides is 1. The molecule has 25 heavy (non-hydrogen) atoms. The van der Waals surface area contributed by atoms with E-state index in [4.69, 9.17) is 27.6 Å². The van der Waals surface area contributed by atoms with Crippen molar-refractivity contribution < 1.29 is 9.21 Å². The van der Waals surface area contributed by atoms with Crippen LogP contribution in [0.5, 0.6) is 0 Å². The first-order chi connectivity index (χ1) is 12.1. The largest absolute Gasteiger partial charge is 0.451 e. The Labute approximate surface area is 157 Å². The van der Waals surface area contributed by atoms with E-state index in [-0.39, 0.29) is 11.7 Å². The van der Waals surface area contributed by atoms with Crippen molar-refractivity contribution in [1.29, 1.82) is 0 Å². The van der Waals surface area contributed by atoms with Crippen molar-refractivity contribution in [2.45, 2.75) is 0 Å². The third kappa shape index (κ3) is 3.39. The van der Waals surface area contributed by atoms with Gasteiger partial charge in [-0.15, -0.1) is 11.3 Å². The van der Waals surface area contributed by atoms with E-state index in [1.54, 1.807) is 36.4 Å². The van der Waals surface area contributed by atoms with Gasteiger partial charge in [0.25, 0.3) is 5.91 Å². The second-order valence-corrected chi connectivity index (χ2v) is 7.02. The lowest BCUT2D eigenvalue weighted by molar-refractivity contribution is 0.0998. The Kier molecular flexibility index (Phi) is 4.21. The highest BCUT2D eigenvalue weighted by molar-refractivity contribution is 7.14. The van der Waals surface area contributed by atoms with Crippen molar-refractivity contribution in [2.75, 3.05) is 5.32 Å². The van der Waals surface area contributed by atoms with Crippen LogP contribution in [0, 0.1) is 0 Å². The third-order valence-corrected chi connectivity index (χ3v) is 4.81. The van der Waals surface area contributed by atoms with E-state index in [9.17, 15) is 4.79 Å². The van der Waals surface area contributed by atoms with E-state index in [0.29, 0.717) is 20.8 Å². The smallest absolute Gasteiger partial charge is 0.293 e. The van der Waals surface area contributed by atoms with Gasteiger partial charge in [0.05, 0.1) is 5.69 Å². The molecule has 4 nitrogen and oxygen atoms in total. The summed E-state index contributed by atoms with van der Waals surface area (Å²) in [6.07, 6.45) is 0. The number of rotatable bonds is 3. The van der Waals surface area contributed by atoms with E-state index in [1.165, 1.54) is 11.3 Å². The monoisotopic (exact) mass is 388 g/mol. The van der Waals surface area contributed by atoms with Gasteiger partial charge < -0.3 is 4.42 Å². The van der Waals surface area contributed by atoms with Gasteiger partial charge in [-0.05, 0) is 36.4 Å². The second kappa shape index (κ2) is 6.52. The highest BCUT2D eigenvalue weighted by atomic mass is 35.5. The zero-order valence-electron chi connectivity index (χ0n) is 12.6. The SMILES string of the molecule is O=C(Nc1nc(-c2ccc(Cl)cc2)cs1)c1cc2cc(Cl)ccc2o1. The molecule has 2 aromatic carbocycles. The van der Waals surface area contributed by atoms with Crippen LogP contribution >= 0.6 is 34.5 Å². The van der Waals surface area contributed by atoms with Gasteiger partial charge in [0.1, 0.15) is 5.58 Å². The number of carbonyl (C=O) groups is 1. The topological polar surface area (TPSA) is 55.1 Å². The van der Waals surface area contributed by atoms with Crippen LogP contribution in [0.2, 0.25) is 10.0 Å². The number of aromatic nitrogens is 1. The molecule has 124 valence electrons. The third-order valence-electron chi connectivity index (χ3n) is 3.57. The fourth-order valence-corrected chi connectivity index (χ4v) is 3.39. The van der Waals surface area contributed by atoms with E-state index >= 15 is 0 Å². The Balaban J connectivity index is 1.55. The van der Waals surface area contributed by atoms with Crippen LogP contribution < -0.4 is 5.32 Å². The molecular formula is C18H10Cl2N2O2S. The zero-order chi connectivity index (χ0) is 17.4. The molecule has 7 heteroatoms. The summed E-state index contributed by atoms with van der Waals surface area (Å²) in [5.41, 5.74) is 2.31. The van der Waals surface area contributed by atoms with Crippen LogP contribution in [0.4, 0.5) is 5.13 Å². The lowest BCUT2D eigenvalue weighted by atomic mass is 10.2. The van der Waals surface area contributed by atoms with Crippen LogP contribution in [0.15, 0.2) is 58.3 Å². The number of benzene rings is 2. The molecule has 0 fully saturated rings. The lowest BCUT2D eigenvalue weighted by Crippen LogP contribution is -2.10. The van der Waals surface area contributed by atoms with Crippen LogP contribution in [0.3, 0.4) is 0 Å². The molecular weight excluding hydrogens is 379 g/mol. The summed E-state index contributed by atoms with van der Waals surface area (Å²) in [5, 5.41) is 7.15. The van der Waals surface area contributed by atoms with Crippen molar-refractivity contribution in [3.63, 3.8) is 0 Å². The van der Waals surface area contributed by atoms with E-state index in [1.807, 2.05) is 17.5 Å². The number of fused-ring (bicyclic) bond motifs is 1. The summed E-state index contributed by atoms with van der Waals surface area (Å²) in [4.78, 5) is 16.8. The molecule has 0 unspecified atom stereocenters. The minimum Gasteiger partial charge on any atom is -0.451 e. The normalized spacial score (nSPS) is 11.0. The first kappa shape index (κ1) is 16.1. The van der Waals surface area contributed by atoms with Gasteiger partial charge in [-0.2, -0.15) is 0 Å². The highest BCUT2D eigenvalue weighted by Gasteiger charge is 2.15. The maximum atomic E-state index is 12.4. The fourth-order valence-electron chi connectivity index (χ4n) is 2.37. The molecule has 0 aliphatic carbocycles. The Morgan fingerprint density at radius 1 is 1.04 bits per heavy atom. The number of hydrogen-bond donors (Lipinski definition) is 1. The molecule has 4 rings (SSSR count). The van der Waals surface area contributed by atoms with Crippen molar-refractivity contribution in [3.8, 4) is 11.3 Å². The van der Waals surface area contributed by atoms with Crippen LogP contribution in [-0.4, -0.2) is 10.9 Å². The van der Waals surface area contributed by atoms with Gasteiger partial charge in [0.15, 0.2) is 10.9 Å². The molecule has 0 saturated carbocycles. The standard InChI is InChI=1S/C18H10Cl2N2O2S/c19-12-3-1-10(2-4-12)14-9-25-18(21-14)22-17(23)16-8-11-7-13(20)5-6-15(11)24-16/h1-9H,(H,21,22,23). The lowest BCUT2D eigenvalue weighted by Gasteiger charge is -1.98. The predicted molar refractivity (Wildman–Crippen MR) is 102 cm³/mol. The van der Waals surface area contributed by atoms with Gasteiger partial charge in [0.2, 0.25) is 0 Å². The van der Waals surface area contributed by atoms with Crippen molar-refractivity contribution in [3.05, 3.63) is 69.7 Å². The maximum absolute atomic E-state index is 12.4. The van der Waals surface area contributed by atoms with Crippen LogP contribution in [0.1, 0.15) is 10.6 Å². The van der Waals surface area contributed by atoms with Crippen molar-refractivity contribution >= 4 is 56.5 Å². The van der Waals surface area contributed by atoms with Gasteiger partial charge in [0, 0.05) is 26.4 Å². The number of halogens is 2. The molecule has 1 amide bonds. The van der Waals surface area contributed by atoms with Gasteiger partial charge in [-0.25, -0.2) is 4.98 Å². The highest BCUT2D eigenvalue weighted by Crippen LogP contribution is 2.27. The Morgan fingerprint density at radius 2 is 1.80 bits per heavy atom.